The van der Waals surface area contributed by atoms with Crippen LogP contribution in [-0.4, -0.2) is 5.60 Å². The molecule has 0 bridgehead atoms. The van der Waals surface area contributed by atoms with Crippen LogP contribution >= 0.6 is 8.69 Å². The summed E-state index contributed by atoms with van der Waals surface area (Å²) in [6, 6.07) is 0. The van der Waals surface area contributed by atoms with Gasteiger partial charge in [0.05, 0.1) is 5.60 Å². The molecule has 0 aliphatic heterocycles. The fraction of sp³-hybridized carbons (Fsp3) is 1.00. The Morgan fingerprint density at radius 2 is 2.08 bits per heavy atom. The van der Waals surface area contributed by atoms with E-state index in [4.69, 9.17) is 4.52 Å². The van der Waals surface area contributed by atoms with Gasteiger partial charge in [-0.05, 0) is 19.3 Å². The van der Waals surface area contributed by atoms with Crippen molar-refractivity contribution in [2.75, 3.05) is 0 Å². The Hall–Kier alpha value is 0.0600. The molecule has 0 N–H and O–H groups in total. The van der Waals surface area contributed by atoms with Crippen LogP contribution in [0.2, 0.25) is 0 Å². The molecular formula is C9H17O2P. The molecule has 0 aromatic carbocycles. The summed E-state index contributed by atoms with van der Waals surface area (Å²) in [5, 5.41) is 0. The van der Waals surface area contributed by atoms with Gasteiger partial charge in [0.25, 0.3) is 0 Å². The van der Waals surface area contributed by atoms with Gasteiger partial charge in [0, 0.05) is 0 Å². The van der Waals surface area contributed by atoms with Crippen LogP contribution < -0.4 is 0 Å². The molecule has 0 unspecified atom stereocenters. The Kier molecular flexibility index (Phi) is 4.17. The van der Waals surface area contributed by atoms with E-state index in [-0.39, 0.29) is 14.3 Å². The van der Waals surface area contributed by atoms with Gasteiger partial charge in [-0.1, -0.05) is 32.6 Å². The highest BCUT2D eigenvalue weighted by Crippen LogP contribution is 2.39. The summed E-state index contributed by atoms with van der Waals surface area (Å²) in [5.74, 6) is 0. The molecule has 0 aromatic rings. The Morgan fingerprint density at radius 3 is 2.58 bits per heavy atom. The maximum Gasteiger partial charge on any atom is 0.327 e. The summed E-state index contributed by atoms with van der Waals surface area (Å²) in [6.45, 7) is 2.18. The molecule has 3 heteroatoms. The molecule has 1 saturated carbocycles. The highest BCUT2D eigenvalue weighted by Gasteiger charge is 2.34. The van der Waals surface area contributed by atoms with Crippen molar-refractivity contribution in [3.63, 3.8) is 0 Å². The molecule has 1 rings (SSSR count). The Balaban J connectivity index is 2.40. The minimum absolute atomic E-state index is 0.0285. The minimum Gasteiger partial charge on any atom is -0.288 e. The average Bonchev–Trinajstić information content (AvgIpc) is 2.51. The molecule has 0 amide bonds. The molecule has 1 aliphatic rings. The van der Waals surface area contributed by atoms with Crippen molar-refractivity contribution in [2.24, 2.45) is 0 Å². The van der Waals surface area contributed by atoms with E-state index in [1.165, 1.54) is 25.7 Å². The molecule has 1 aliphatic carbocycles. The largest absolute Gasteiger partial charge is 0.327 e. The van der Waals surface area contributed by atoms with Crippen LogP contribution in [0.15, 0.2) is 0 Å². The molecule has 12 heavy (non-hydrogen) atoms. The van der Waals surface area contributed by atoms with Crippen molar-refractivity contribution < 1.29 is 9.09 Å². The van der Waals surface area contributed by atoms with Crippen LogP contribution in [0.3, 0.4) is 0 Å². The maximum atomic E-state index is 10.4. The van der Waals surface area contributed by atoms with Gasteiger partial charge in [0.15, 0.2) is 0 Å². The van der Waals surface area contributed by atoms with Crippen molar-refractivity contribution >= 4 is 8.69 Å². The third-order valence-electron chi connectivity index (χ3n) is 2.73. The van der Waals surface area contributed by atoms with Gasteiger partial charge in [-0.3, -0.25) is 4.52 Å². The van der Waals surface area contributed by atoms with Crippen molar-refractivity contribution in [2.45, 2.75) is 57.5 Å². The van der Waals surface area contributed by atoms with Gasteiger partial charge in [0.1, 0.15) is 0 Å². The molecule has 1 fully saturated rings. The topological polar surface area (TPSA) is 26.3 Å². The van der Waals surface area contributed by atoms with E-state index >= 15 is 0 Å². The average molecular weight is 188 g/mol. The lowest BCUT2D eigenvalue weighted by molar-refractivity contribution is 0.0798. The first kappa shape index (κ1) is 10.1. The molecular weight excluding hydrogens is 171 g/mol. The lowest BCUT2D eigenvalue weighted by atomic mass is 9.95. The summed E-state index contributed by atoms with van der Waals surface area (Å²) < 4.78 is 15.7. The fourth-order valence-electron chi connectivity index (χ4n) is 1.98. The second kappa shape index (κ2) is 4.94. The summed E-state index contributed by atoms with van der Waals surface area (Å²) in [5.41, 5.74) is -0.0285. The van der Waals surface area contributed by atoms with E-state index in [2.05, 4.69) is 6.92 Å². The lowest BCUT2D eigenvalue weighted by Gasteiger charge is -2.24. The predicted molar refractivity (Wildman–Crippen MR) is 49.4 cm³/mol. The maximum absolute atomic E-state index is 10.4. The smallest absolute Gasteiger partial charge is 0.288 e. The van der Waals surface area contributed by atoms with Gasteiger partial charge >= 0.3 is 8.69 Å². The van der Waals surface area contributed by atoms with E-state index in [0.717, 1.165) is 19.3 Å². The minimum atomic E-state index is -0.139. The van der Waals surface area contributed by atoms with Gasteiger partial charge in [0.2, 0.25) is 0 Å². The van der Waals surface area contributed by atoms with Crippen molar-refractivity contribution in [3.05, 3.63) is 0 Å². The normalized spacial score (nSPS) is 21.8. The zero-order chi connectivity index (χ0) is 8.86. The standard InChI is InChI=1S/C9H17O2P/c1-2-3-6-9(11-12-10)7-4-5-8-9/h2-8H2,1H3. The Morgan fingerprint density at radius 1 is 1.42 bits per heavy atom. The predicted octanol–water partition coefficient (Wildman–Crippen LogP) is 3.71. The van der Waals surface area contributed by atoms with Crippen molar-refractivity contribution in [1.29, 1.82) is 0 Å². The molecule has 0 heterocycles. The first-order valence-electron chi connectivity index (χ1n) is 4.84. The van der Waals surface area contributed by atoms with E-state index in [9.17, 15) is 4.57 Å². The monoisotopic (exact) mass is 188 g/mol. The molecule has 70 valence electrons. The third-order valence-corrected chi connectivity index (χ3v) is 3.19. The zero-order valence-electron chi connectivity index (χ0n) is 7.71. The molecule has 0 atom stereocenters. The first-order chi connectivity index (χ1) is 5.83. The van der Waals surface area contributed by atoms with Crippen molar-refractivity contribution in [1.82, 2.24) is 0 Å². The fourth-order valence-corrected chi connectivity index (χ4v) is 2.42. The van der Waals surface area contributed by atoms with E-state index in [0.29, 0.717) is 0 Å². The summed E-state index contributed by atoms with van der Waals surface area (Å²) >= 11 is 0. The van der Waals surface area contributed by atoms with E-state index < -0.39 is 0 Å². The number of unbranched alkanes of at least 4 members (excludes halogenated alkanes) is 1. The molecule has 2 nitrogen and oxygen atoms in total. The number of hydrogen-bond donors (Lipinski definition) is 0. The highest BCUT2D eigenvalue weighted by molar-refractivity contribution is 7.17. The molecule has 0 radical (unpaired) electrons. The van der Waals surface area contributed by atoms with Gasteiger partial charge in [-0.25, -0.2) is 4.57 Å². The van der Waals surface area contributed by atoms with Crippen LogP contribution in [0.25, 0.3) is 0 Å². The second-order valence-corrected chi connectivity index (χ2v) is 3.99. The van der Waals surface area contributed by atoms with Crippen LogP contribution in [0.4, 0.5) is 0 Å². The second-order valence-electron chi connectivity index (χ2n) is 3.66. The first-order valence-corrected chi connectivity index (χ1v) is 5.57. The van der Waals surface area contributed by atoms with Gasteiger partial charge in [-0.15, -0.1) is 0 Å². The molecule has 0 aromatic heterocycles. The van der Waals surface area contributed by atoms with Crippen LogP contribution in [0.5, 0.6) is 0 Å². The van der Waals surface area contributed by atoms with E-state index in [1.807, 2.05) is 0 Å². The lowest BCUT2D eigenvalue weighted by Crippen LogP contribution is -2.24. The zero-order valence-corrected chi connectivity index (χ0v) is 8.61. The molecule has 0 saturated heterocycles. The van der Waals surface area contributed by atoms with Crippen molar-refractivity contribution in [3.8, 4) is 0 Å². The number of hydrogen-bond acceptors (Lipinski definition) is 2. The molecule has 0 spiro atoms. The Labute approximate surface area is 76.0 Å². The van der Waals surface area contributed by atoms with E-state index in [1.54, 1.807) is 0 Å². The van der Waals surface area contributed by atoms with Crippen LogP contribution in [0, 0.1) is 0 Å². The quantitative estimate of drug-likeness (QED) is 0.614. The SMILES string of the molecule is CCCCC1(OP=O)CCCC1. The van der Waals surface area contributed by atoms with Crippen LogP contribution in [0.1, 0.15) is 51.9 Å². The van der Waals surface area contributed by atoms with Gasteiger partial charge in [-0.2, -0.15) is 0 Å². The Bertz CT molecular complexity index is 141. The summed E-state index contributed by atoms with van der Waals surface area (Å²) in [6.07, 6.45) is 8.14. The number of rotatable bonds is 5. The van der Waals surface area contributed by atoms with Crippen LogP contribution in [-0.2, 0) is 9.09 Å². The summed E-state index contributed by atoms with van der Waals surface area (Å²) in [4.78, 5) is 0. The third kappa shape index (κ3) is 2.53. The summed E-state index contributed by atoms with van der Waals surface area (Å²) in [7, 11) is -0.139. The van der Waals surface area contributed by atoms with Gasteiger partial charge < -0.3 is 0 Å². The highest BCUT2D eigenvalue weighted by atomic mass is 31.1.